The molecular formula is C16H26ClN3O. The fourth-order valence-electron chi connectivity index (χ4n) is 2.28. The Morgan fingerprint density at radius 2 is 2.14 bits per heavy atom. The zero-order chi connectivity index (χ0) is 15.8. The van der Waals surface area contributed by atoms with E-state index in [0.29, 0.717) is 10.9 Å². The Morgan fingerprint density at radius 3 is 2.71 bits per heavy atom. The summed E-state index contributed by atoms with van der Waals surface area (Å²) in [6, 6.07) is 5.78. The Labute approximate surface area is 132 Å². The van der Waals surface area contributed by atoms with Gasteiger partial charge in [-0.25, -0.2) is 0 Å². The molecule has 4 nitrogen and oxygen atoms in total. The maximum atomic E-state index is 11.3. The van der Waals surface area contributed by atoms with Crippen molar-refractivity contribution in [3.63, 3.8) is 0 Å². The van der Waals surface area contributed by atoms with E-state index in [1.807, 2.05) is 23.1 Å². The maximum absolute atomic E-state index is 11.3. The number of primary amides is 1. The molecule has 0 fully saturated rings. The Balaban J connectivity index is 3.01. The SMILES string of the molecule is CCCNCc1cc(Cl)ccc1N(CC(N)=O)CC(C)C. The number of hydrogen-bond acceptors (Lipinski definition) is 3. The molecule has 1 amide bonds. The first-order chi connectivity index (χ1) is 9.93. The summed E-state index contributed by atoms with van der Waals surface area (Å²) in [5.41, 5.74) is 7.50. The van der Waals surface area contributed by atoms with Crippen LogP contribution in [0.1, 0.15) is 32.8 Å². The second-order valence-electron chi connectivity index (χ2n) is 5.69. The molecule has 0 spiro atoms. The first-order valence-corrected chi connectivity index (χ1v) is 7.84. The minimum Gasteiger partial charge on any atom is -0.368 e. The van der Waals surface area contributed by atoms with Crippen molar-refractivity contribution in [1.82, 2.24) is 5.32 Å². The number of carbonyl (C=O) groups is 1. The highest BCUT2D eigenvalue weighted by molar-refractivity contribution is 6.30. The molecule has 0 aromatic heterocycles. The average molecular weight is 312 g/mol. The highest BCUT2D eigenvalue weighted by Crippen LogP contribution is 2.25. The summed E-state index contributed by atoms with van der Waals surface area (Å²) in [4.78, 5) is 13.4. The van der Waals surface area contributed by atoms with Crippen molar-refractivity contribution in [2.75, 3.05) is 24.5 Å². The first kappa shape index (κ1) is 17.8. The van der Waals surface area contributed by atoms with E-state index >= 15 is 0 Å². The zero-order valence-electron chi connectivity index (χ0n) is 13.2. The van der Waals surface area contributed by atoms with Crippen molar-refractivity contribution in [3.8, 4) is 0 Å². The van der Waals surface area contributed by atoms with E-state index in [0.717, 1.165) is 37.3 Å². The summed E-state index contributed by atoms with van der Waals surface area (Å²) >= 11 is 6.11. The number of hydrogen-bond donors (Lipinski definition) is 2. The first-order valence-electron chi connectivity index (χ1n) is 7.46. The van der Waals surface area contributed by atoms with E-state index in [1.54, 1.807) is 0 Å². The van der Waals surface area contributed by atoms with E-state index in [4.69, 9.17) is 17.3 Å². The van der Waals surface area contributed by atoms with Gasteiger partial charge in [0.05, 0.1) is 6.54 Å². The summed E-state index contributed by atoms with van der Waals surface area (Å²) in [7, 11) is 0. The lowest BCUT2D eigenvalue weighted by atomic mass is 10.1. The minimum atomic E-state index is -0.321. The molecule has 118 valence electrons. The van der Waals surface area contributed by atoms with Gasteiger partial charge in [0.25, 0.3) is 0 Å². The van der Waals surface area contributed by atoms with Crippen LogP contribution in [0.3, 0.4) is 0 Å². The smallest absolute Gasteiger partial charge is 0.236 e. The Bertz CT molecular complexity index is 463. The van der Waals surface area contributed by atoms with E-state index in [2.05, 4.69) is 26.1 Å². The number of anilines is 1. The molecule has 0 aliphatic rings. The molecule has 21 heavy (non-hydrogen) atoms. The van der Waals surface area contributed by atoms with Crippen LogP contribution in [0.15, 0.2) is 18.2 Å². The molecule has 0 unspecified atom stereocenters. The van der Waals surface area contributed by atoms with Crippen molar-refractivity contribution >= 4 is 23.2 Å². The third-order valence-electron chi connectivity index (χ3n) is 3.06. The number of rotatable bonds is 9. The van der Waals surface area contributed by atoms with Crippen LogP contribution in [0.25, 0.3) is 0 Å². The summed E-state index contributed by atoms with van der Waals surface area (Å²) < 4.78 is 0. The molecule has 3 N–H and O–H groups in total. The van der Waals surface area contributed by atoms with Crippen LogP contribution in [0.5, 0.6) is 0 Å². The van der Waals surface area contributed by atoms with Gasteiger partial charge in [-0.2, -0.15) is 0 Å². The summed E-state index contributed by atoms with van der Waals surface area (Å²) in [5.74, 6) is 0.120. The second kappa shape index (κ2) is 8.90. The number of carbonyl (C=O) groups excluding carboxylic acids is 1. The van der Waals surface area contributed by atoms with Gasteiger partial charge < -0.3 is 16.0 Å². The van der Waals surface area contributed by atoms with Crippen LogP contribution in [0.4, 0.5) is 5.69 Å². The minimum absolute atomic E-state index is 0.223. The van der Waals surface area contributed by atoms with Crippen molar-refractivity contribution < 1.29 is 4.79 Å². The highest BCUT2D eigenvalue weighted by atomic mass is 35.5. The quantitative estimate of drug-likeness (QED) is 0.689. The maximum Gasteiger partial charge on any atom is 0.236 e. The Morgan fingerprint density at radius 1 is 1.43 bits per heavy atom. The average Bonchev–Trinajstić information content (AvgIpc) is 2.37. The number of benzene rings is 1. The van der Waals surface area contributed by atoms with E-state index in [1.165, 1.54) is 0 Å². The number of amides is 1. The summed E-state index contributed by atoms with van der Waals surface area (Å²) in [5, 5.41) is 4.08. The predicted octanol–water partition coefficient (Wildman–Crippen LogP) is 2.79. The van der Waals surface area contributed by atoms with Gasteiger partial charge in [-0.3, -0.25) is 4.79 Å². The molecule has 0 saturated carbocycles. The summed E-state index contributed by atoms with van der Waals surface area (Å²) in [6.45, 7) is 9.07. The Kier molecular flexibility index (Phi) is 7.54. The third kappa shape index (κ3) is 6.36. The van der Waals surface area contributed by atoms with E-state index in [-0.39, 0.29) is 12.5 Å². The van der Waals surface area contributed by atoms with Gasteiger partial charge in [0.2, 0.25) is 5.91 Å². The van der Waals surface area contributed by atoms with Crippen LogP contribution in [-0.2, 0) is 11.3 Å². The number of nitrogens with two attached hydrogens (primary N) is 1. The third-order valence-corrected chi connectivity index (χ3v) is 3.29. The van der Waals surface area contributed by atoms with Crippen LogP contribution >= 0.6 is 11.6 Å². The van der Waals surface area contributed by atoms with Crippen LogP contribution in [-0.4, -0.2) is 25.5 Å². The second-order valence-corrected chi connectivity index (χ2v) is 6.13. The van der Waals surface area contributed by atoms with Crippen LogP contribution in [0, 0.1) is 5.92 Å². The molecule has 0 aliphatic carbocycles. The van der Waals surface area contributed by atoms with Crippen molar-refractivity contribution in [3.05, 3.63) is 28.8 Å². The van der Waals surface area contributed by atoms with Gasteiger partial charge in [-0.15, -0.1) is 0 Å². The molecule has 0 saturated heterocycles. The van der Waals surface area contributed by atoms with Gasteiger partial charge in [0.15, 0.2) is 0 Å². The molecule has 1 rings (SSSR count). The van der Waals surface area contributed by atoms with Crippen molar-refractivity contribution in [1.29, 1.82) is 0 Å². The topological polar surface area (TPSA) is 58.4 Å². The summed E-state index contributed by atoms with van der Waals surface area (Å²) in [6.07, 6.45) is 1.08. The molecule has 1 aromatic rings. The fourth-order valence-corrected chi connectivity index (χ4v) is 2.48. The molecule has 0 radical (unpaired) electrons. The molecule has 0 heterocycles. The Hall–Kier alpha value is -1.26. The van der Waals surface area contributed by atoms with Gasteiger partial charge in [-0.1, -0.05) is 32.4 Å². The fraction of sp³-hybridized carbons (Fsp3) is 0.562. The molecule has 0 aliphatic heterocycles. The van der Waals surface area contributed by atoms with Crippen molar-refractivity contribution in [2.45, 2.75) is 33.7 Å². The van der Waals surface area contributed by atoms with Crippen molar-refractivity contribution in [2.24, 2.45) is 11.7 Å². The standard InChI is InChI=1S/C16H26ClN3O/c1-4-7-19-9-13-8-14(17)5-6-15(13)20(10-12(2)3)11-16(18)21/h5-6,8,12,19H,4,7,9-11H2,1-3H3,(H2,18,21). The van der Waals surface area contributed by atoms with E-state index < -0.39 is 0 Å². The predicted molar refractivity (Wildman–Crippen MR) is 89.7 cm³/mol. The monoisotopic (exact) mass is 311 g/mol. The largest absolute Gasteiger partial charge is 0.368 e. The molecule has 0 atom stereocenters. The molecule has 0 bridgehead atoms. The van der Waals surface area contributed by atoms with E-state index in [9.17, 15) is 4.79 Å². The van der Waals surface area contributed by atoms with Gasteiger partial charge in [0.1, 0.15) is 0 Å². The zero-order valence-corrected chi connectivity index (χ0v) is 13.9. The molecular weight excluding hydrogens is 286 g/mol. The van der Waals surface area contributed by atoms with Gasteiger partial charge in [0, 0.05) is 23.8 Å². The van der Waals surface area contributed by atoms with Crippen LogP contribution < -0.4 is 16.0 Å². The number of nitrogens with zero attached hydrogens (tertiary/aromatic N) is 1. The normalized spacial score (nSPS) is 10.9. The molecule has 5 heteroatoms. The lowest BCUT2D eigenvalue weighted by molar-refractivity contribution is -0.116. The molecule has 1 aromatic carbocycles. The van der Waals surface area contributed by atoms with Crippen LogP contribution in [0.2, 0.25) is 5.02 Å². The van der Waals surface area contributed by atoms with Gasteiger partial charge >= 0.3 is 0 Å². The lowest BCUT2D eigenvalue weighted by Gasteiger charge is -2.28. The number of halogens is 1. The van der Waals surface area contributed by atoms with Gasteiger partial charge in [-0.05, 0) is 42.6 Å². The lowest BCUT2D eigenvalue weighted by Crippen LogP contribution is -2.37. The number of nitrogens with one attached hydrogen (secondary N) is 1. The highest BCUT2D eigenvalue weighted by Gasteiger charge is 2.15.